The first-order valence-corrected chi connectivity index (χ1v) is 6.12. The number of aromatic nitrogens is 2. The summed E-state index contributed by atoms with van der Waals surface area (Å²) in [5.74, 6) is 0. The molecule has 1 aromatic heterocycles. The molecule has 4 nitrogen and oxygen atoms in total. The van der Waals surface area contributed by atoms with Gasteiger partial charge in [0.05, 0.1) is 24.8 Å². The summed E-state index contributed by atoms with van der Waals surface area (Å²) in [4.78, 5) is 4.06. The van der Waals surface area contributed by atoms with Crippen molar-refractivity contribution in [1.82, 2.24) is 14.9 Å². The van der Waals surface area contributed by atoms with Crippen molar-refractivity contribution in [2.75, 3.05) is 13.2 Å². The van der Waals surface area contributed by atoms with E-state index in [0.29, 0.717) is 12.6 Å². The monoisotopic (exact) mass is 223 g/mol. The molecule has 90 valence electrons. The molecule has 0 spiro atoms. The summed E-state index contributed by atoms with van der Waals surface area (Å²) in [6.07, 6.45) is 8.78. The van der Waals surface area contributed by atoms with Gasteiger partial charge in [0, 0.05) is 19.7 Å². The van der Waals surface area contributed by atoms with Crippen LogP contribution in [-0.2, 0) is 18.4 Å². The summed E-state index contributed by atoms with van der Waals surface area (Å²) in [5.41, 5.74) is 1.14. The van der Waals surface area contributed by atoms with E-state index in [4.69, 9.17) is 4.74 Å². The molecule has 1 fully saturated rings. The number of piperidine rings is 1. The fourth-order valence-corrected chi connectivity index (χ4v) is 2.10. The second kappa shape index (κ2) is 6.01. The van der Waals surface area contributed by atoms with Gasteiger partial charge in [-0.3, -0.25) is 0 Å². The van der Waals surface area contributed by atoms with Crippen molar-refractivity contribution in [1.29, 1.82) is 0 Å². The van der Waals surface area contributed by atoms with Crippen LogP contribution in [0.25, 0.3) is 0 Å². The SMILES string of the molecule is Cn1cncc1COCCC1CCCCN1. The topological polar surface area (TPSA) is 39.1 Å². The zero-order valence-electron chi connectivity index (χ0n) is 9.98. The number of imidazole rings is 1. The van der Waals surface area contributed by atoms with Crippen molar-refractivity contribution in [2.24, 2.45) is 7.05 Å². The highest BCUT2D eigenvalue weighted by molar-refractivity contribution is 4.94. The summed E-state index contributed by atoms with van der Waals surface area (Å²) in [5, 5.41) is 3.53. The first kappa shape index (κ1) is 11.6. The standard InChI is InChI=1S/C12H21N3O/c1-15-10-13-8-12(15)9-16-7-5-11-4-2-3-6-14-11/h8,10-11,14H,2-7,9H2,1H3. The normalized spacial score (nSPS) is 21.2. The van der Waals surface area contributed by atoms with Gasteiger partial charge in [0.2, 0.25) is 0 Å². The maximum atomic E-state index is 5.66. The van der Waals surface area contributed by atoms with Crippen LogP contribution >= 0.6 is 0 Å². The van der Waals surface area contributed by atoms with E-state index < -0.39 is 0 Å². The zero-order valence-corrected chi connectivity index (χ0v) is 9.98. The summed E-state index contributed by atoms with van der Waals surface area (Å²) >= 11 is 0. The number of ether oxygens (including phenoxy) is 1. The van der Waals surface area contributed by atoms with Gasteiger partial charge in [0.15, 0.2) is 0 Å². The largest absolute Gasteiger partial charge is 0.375 e. The molecule has 1 atom stereocenters. The van der Waals surface area contributed by atoms with Crippen molar-refractivity contribution in [3.8, 4) is 0 Å². The second-order valence-corrected chi connectivity index (χ2v) is 4.48. The summed E-state index contributed by atoms with van der Waals surface area (Å²) < 4.78 is 7.66. The number of rotatable bonds is 5. The van der Waals surface area contributed by atoms with E-state index >= 15 is 0 Å². The van der Waals surface area contributed by atoms with Crippen molar-refractivity contribution < 1.29 is 4.74 Å². The highest BCUT2D eigenvalue weighted by Crippen LogP contribution is 2.10. The van der Waals surface area contributed by atoms with Crippen LogP contribution in [0.3, 0.4) is 0 Å². The highest BCUT2D eigenvalue weighted by Gasteiger charge is 2.11. The minimum Gasteiger partial charge on any atom is -0.375 e. The molecule has 0 saturated carbocycles. The Bertz CT molecular complexity index is 305. The smallest absolute Gasteiger partial charge is 0.0946 e. The van der Waals surface area contributed by atoms with Crippen molar-refractivity contribution in [2.45, 2.75) is 38.3 Å². The highest BCUT2D eigenvalue weighted by atomic mass is 16.5. The van der Waals surface area contributed by atoms with Gasteiger partial charge in [-0.2, -0.15) is 0 Å². The van der Waals surface area contributed by atoms with Gasteiger partial charge in [-0.25, -0.2) is 4.98 Å². The lowest BCUT2D eigenvalue weighted by Gasteiger charge is -2.23. The molecule has 0 aliphatic carbocycles. The molecule has 1 N–H and O–H groups in total. The predicted octanol–water partition coefficient (Wildman–Crippen LogP) is 1.47. The Labute approximate surface area is 97.0 Å². The fraction of sp³-hybridized carbons (Fsp3) is 0.750. The molecule has 16 heavy (non-hydrogen) atoms. The Morgan fingerprint density at radius 2 is 2.50 bits per heavy atom. The Kier molecular flexibility index (Phi) is 4.36. The van der Waals surface area contributed by atoms with Crippen molar-refractivity contribution in [3.05, 3.63) is 18.2 Å². The third-order valence-corrected chi connectivity index (χ3v) is 3.19. The average Bonchev–Trinajstić information content (AvgIpc) is 2.72. The first-order chi connectivity index (χ1) is 7.86. The molecule has 0 aromatic carbocycles. The van der Waals surface area contributed by atoms with Crippen LogP contribution in [0.5, 0.6) is 0 Å². The number of hydrogen-bond acceptors (Lipinski definition) is 3. The maximum Gasteiger partial charge on any atom is 0.0946 e. The molecule has 2 rings (SSSR count). The quantitative estimate of drug-likeness (QED) is 0.768. The fourth-order valence-electron chi connectivity index (χ4n) is 2.10. The van der Waals surface area contributed by atoms with Crippen LogP contribution in [0.15, 0.2) is 12.5 Å². The number of hydrogen-bond donors (Lipinski definition) is 1. The van der Waals surface area contributed by atoms with Crippen LogP contribution in [-0.4, -0.2) is 28.7 Å². The van der Waals surface area contributed by atoms with Crippen molar-refractivity contribution in [3.63, 3.8) is 0 Å². The lowest BCUT2D eigenvalue weighted by atomic mass is 10.0. The molecule has 0 bridgehead atoms. The summed E-state index contributed by atoms with van der Waals surface area (Å²) in [6.45, 7) is 2.68. The van der Waals surface area contributed by atoms with E-state index in [1.165, 1.54) is 25.8 Å². The molecule has 1 aliphatic heterocycles. The molecule has 1 aromatic rings. The Morgan fingerprint density at radius 3 is 3.19 bits per heavy atom. The van der Waals surface area contributed by atoms with Gasteiger partial charge >= 0.3 is 0 Å². The van der Waals surface area contributed by atoms with Gasteiger partial charge in [0.1, 0.15) is 0 Å². The molecule has 1 unspecified atom stereocenters. The average molecular weight is 223 g/mol. The first-order valence-electron chi connectivity index (χ1n) is 6.12. The van der Waals surface area contributed by atoms with Crippen LogP contribution < -0.4 is 5.32 Å². The molecule has 4 heteroatoms. The molecular formula is C12H21N3O. The van der Waals surface area contributed by atoms with E-state index in [1.54, 1.807) is 6.33 Å². The molecule has 0 radical (unpaired) electrons. The summed E-state index contributed by atoms with van der Waals surface area (Å²) in [6, 6.07) is 0.667. The van der Waals surface area contributed by atoms with E-state index in [1.807, 2.05) is 17.8 Å². The minimum atomic E-state index is 0.667. The van der Waals surface area contributed by atoms with Gasteiger partial charge in [0.25, 0.3) is 0 Å². The van der Waals surface area contributed by atoms with Gasteiger partial charge in [-0.15, -0.1) is 0 Å². The Hall–Kier alpha value is -0.870. The summed E-state index contributed by atoms with van der Waals surface area (Å²) in [7, 11) is 1.99. The third kappa shape index (κ3) is 3.32. The van der Waals surface area contributed by atoms with Gasteiger partial charge in [-0.1, -0.05) is 6.42 Å². The van der Waals surface area contributed by atoms with E-state index in [9.17, 15) is 0 Å². The predicted molar refractivity (Wildman–Crippen MR) is 63.1 cm³/mol. The minimum absolute atomic E-state index is 0.667. The van der Waals surface area contributed by atoms with E-state index in [0.717, 1.165) is 18.7 Å². The number of aryl methyl sites for hydroxylation is 1. The molecule has 0 amide bonds. The molecule has 1 aliphatic rings. The van der Waals surface area contributed by atoms with E-state index in [-0.39, 0.29) is 0 Å². The van der Waals surface area contributed by atoms with Crippen LogP contribution in [0.2, 0.25) is 0 Å². The van der Waals surface area contributed by atoms with Crippen LogP contribution in [0.4, 0.5) is 0 Å². The van der Waals surface area contributed by atoms with Gasteiger partial charge in [-0.05, 0) is 25.8 Å². The molecule has 2 heterocycles. The Morgan fingerprint density at radius 1 is 1.56 bits per heavy atom. The third-order valence-electron chi connectivity index (χ3n) is 3.19. The number of nitrogens with zero attached hydrogens (tertiary/aromatic N) is 2. The maximum absolute atomic E-state index is 5.66. The van der Waals surface area contributed by atoms with Crippen molar-refractivity contribution >= 4 is 0 Å². The number of nitrogens with one attached hydrogen (secondary N) is 1. The van der Waals surface area contributed by atoms with Crippen LogP contribution in [0.1, 0.15) is 31.4 Å². The van der Waals surface area contributed by atoms with E-state index in [2.05, 4.69) is 10.3 Å². The lowest BCUT2D eigenvalue weighted by Crippen LogP contribution is -2.34. The molecule has 1 saturated heterocycles. The second-order valence-electron chi connectivity index (χ2n) is 4.48. The lowest BCUT2D eigenvalue weighted by molar-refractivity contribution is 0.104. The van der Waals surface area contributed by atoms with Gasteiger partial charge < -0.3 is 14.6 Å². The molecular weight excluding hydrogens is 202 g/mol. The van der Waals surface area contributed by atoms with Crippen LogP contribution in [0, 0.1) is 0 Å². The zero-order chi connectivity index (χ0) is 11.2. The Balaban J connectivity index is 1.59.